The number of furan rings is 1. The van der Waals surface area contributed by atoms with Gasteiger partial charge in [-0.25, -0.2) is 0 Å². The smallest absolute Gasteiger partial charge is 0.291 e. The Hall–Kier alpha value is -2.07. The molecular weight excluding hydrogens is 252 g/mol. The van der Waals surface area contributed by atoms with Gasteiger partial charge in [0.1, 0.15) is 0 Å². The predicted molar refractivity (Wildman–Crippen MR) is 77.7 cm³/mol. The van der Waals surface area contributed by atoms with E-state index in [1.807, 2.05) is 25.1 Å². The standard InChI is InChI=1S/C16H18N2O2/c1-11-7-8-20-15(11)16(19)18-14-4-2-3-12(9-14)10-17-13-5-6-13/h2-4,7-9,13,17H,5-6,10H2,1H3,(H,18,19). The number of carbonyl (C=O) groups is 1. The molecule has 104 valence electrons. The third-order valence-electron chi connectivity index (χ3n) is 3.43. The van der Waals surface area contributed by atoms with Crippen LogP contribution in [-0.2, 0) is 6.54 Å². The van der Waals surface area contributed by atoms with Crippen molar-refractivity contribution >= 4 is 11.6 Å². The molecule has 0 saturated heterocycles. The van der Waals surface area contributed by atoms with Crippen LogP contribution in [0.1, 0.15) is 34.5 Å². The summed E-state index contributed by atoms with van der Waals surface area (Å²) >= 11 is 0. The van der Waals surface area contributed by atoms with Crippen molar-refractivity contribution < 1.29 is 9.21 Å². The molecule has 0 atom stereocenters. The minimum absolute atomic E-state index is 0.209. The molecule has 2 N–H and O–H groups in total. The Morgan fingerprint density at radius 3 is 2.90 bits per heavy atom. The van der Waals surface area contributed by atoms with E-state index in [0.717, 1.165) is 17.8 Å². The highest BCUT2D eigenvalue weighted by Gasteiger charge is 2.20. The molecule has 1 saturated carbocycles. The predicted octanol–water partition coefficient (Wildman–Crippen LogP) is 3.09. The lowest BCUT2D eigenvalue weighted by molar-refractivity contribution is 0.0996. The molecule has 1 aromatic heterocycles. The van der Waals surface area contributed by atoms with E-state index < -0.39 is 0 Å². The number of carbonyl (C=O) groups excluding carboxylic acids is 1. The number of benzene rings is 1. The summed E-state index contributed by atoms with van der Waals surface area (Å²) < 4.78 is 5.19. The fourth-order valence-electron chi connectivity index (χ4n) is 2.10. The van der Waals surface area contributed by atoms with Gasteiger partial charge in [-0.05, 0) is 43.5 Å². The Kier molecular flexibility index (Phi) is 3.56. The molecule has 1 fully saturated rings. The normalized spacial score (nSPS) is 14.2. The lowest BCUT2D eigenvalue weighted by Gasteiger charge is -2.07. The maximum absolute atomic E-state index is 12.1. The minimum atomic E-state index is -0.209. The second-order valence-corrected chi connectivity index (χ2v) is 5.24. The number of amides is 1. The molecule has 1 aliphatic rings. The molecule has 1 aromatic carbocycles. The molecule has 0 aliphatic heterocycles. The van der Waals surface area contributed by atoms with Gasteiger partial charge in [-0.15, -0.1) is 0 Å². The highest BCUT2D eigenvalue weighted by Crippen LogP contribution is 2.20. The van der Waals surface area contributed by atoms with Crippen LogP contribution in [-0.4, -0.2) is 11.9 Å². The summed E-state index contributed by atoms with van der Waals surface area (Å²) in [7, 11) is 0. The van der Waals surface area contributed by atoms with Crippen LogP contribution in [0.25, 0.3) is 0 Å². The Bertz CT molecular complexity index is 614. The average Bonchev–Trinajstić information content (AvgIpc) is 3.17. The molecule has 0 unspecified atom stereocenters. The molecule has 1 aliphatic carbocycles. The van der Waals surface area contributed by atoms with Crippen LogP contribution in [0.4, 0.5) is 5.69 Å². The number of rotatable bonds is 5. The van der Waals surface area contributed by atoms with Crippen LogP contribution < -0.4 is 10.6 Å². The fraction of sp³-hybridized carbons (Fsp3) is 0.312. The van der Waals surface area contributed by atoms with E-state index in [4.69, 9.17) is 4.42 Å². The van der Waals surface area contributed by atoms with E-state index >= 15 is 0 Å². The molecule has 20 heavy (non-hydrogen) atoms. The van der Waals surface area contributed by atoms with Gasteiger partial charge in [-0.3, -0.25) is 4.79 Å². The summed E-state index contributed by atoms with van der Waals surface area (Å²) in [6.45, 7) is 2.70. The van der Waals surface area contributed by atoms with Gasteiger partial charge in [-0.2, -0.15) is 0 Å². The van der Waals surface area contributed by atoms with Gasteiger partial charge in [0.05, 0.1) is 6.26 Å². The summed E-state index contributed by atoms with van der Waals surface area (Å²) in [4.78, 5) is 12.1. The van der Waals surface area contributed by atoms with Crippen molar-refractivity contribution in [2.24, 2.45) is 0 Å². The maximum atomic E-state index is 12.1. The number of anilines is 1. The Balaban J connectivity index is 1.65. The number of hydrogen-bond donors (Lipinski definition) is 2. The summed E-state index contributed by atoms with van der Waals surface area (Å²) in [5, 5.41) is 6.33. The lowest BCUT2D eigenvalue weighted by Crippen LogP contribution is -2.16. The van der Waals surface area contributed by atoms with Crippen LogP contribution in [0, 0.1) is 6.92 Å². The first-order chi connectivity index (χ1) is 9.72. The molecule has 3 rings (SSSR count). The molecule has 0 radical (unpaired) electrons. The third-order valence-corrected chi connectivity index (χ3v) is 3.43. The van der Waals surface area contributed by atoms with Gasteiger partial charge >= 0.3 is 0 Å². The molecule has 1 heterocycles. The molecular formula is C16H18N2O2. The number of nitrogens with one attached hydrogen (secondary N) is 2. The summed E-state index contributed by atoms with van der Waals surface area (Å²) in [6, 6.07) is 10.4. The van der Waals surface area contributed by atoms with E-state index in [1.165, 1.54) is 24.7 Å². The maximum Gasteiger partial charge on any atom is 0.291 e. The van der Waals surface area contributed by atoms with Crippen molar-refractivity contribution in [3.8, 4) is 0 Å². The van der Waals surface area contributed by atoms with Gasteiger partial charge in [0.15, 0.2) is 5.76 Å². The van der Waals surface area contributed by atoms with E-state index in [2.05, 4.69) is 16.7 Å². The summed E-state index contributed by atoms with van der Waals surface area (Å²) in [5.74, 6) is 0.159. The van der Waals surface area contributed by atoms with Crippen LogP contribution in [0.15, 0.2) is 41.0 Å². The lowest BCUT2D eigenvalue weighted by atomic mass is 10.2. The van der Waals surface area contributed by atoms with Crippen LogP contribution in [0.5, 0.6) is 0 Å². The summed E-state index contributed by atoms with van der Waals surface area (Å²) in [5.41, 5.74) is 2.81. The van der Waals surface area contributed by atoms with Gasteiger partial charge < -0.3 is 15.1 Å². The molecule has 0 bridgehead atoms. The molecule has 1 amide bonds. The van der Waals surface area contributed by atoms with Gasteiger partial charge in [0.25, 0.3) is 5.91 Å². The topological polar surface area (TPSA) is 54.3 Å². The van der Waals surface area contributed by atoms with Crippen molar-refractivity contribution in [3.05, 3.63) is 53.5 Å². The SMILES string of the molecule is Cc1ccoc1C(=O)Nc1cccc(CNC2CC2)c1. The Morgan fingerprint density at radius 2 is 2.20 bits per heavy atom. The van der Waals surface area contributed by atoms with Crippen molar-refractivity contribution in [3.63, 3.8) is 0 Å². The van der Waals surface area contributed by atoms with Crippen molar-refractivity contribution in [2.75, 3.05) is 5.32 Å². The third kappa shape index (κ3) is 3.08. The highest BCUT2D eigenvalue weighted by atomic mass is 16.3. The number of hydrogen-bond acceptors (Lipinski definition) is 3. The second kappa shape index (κ2) is 5.51. The monoisotopic (exact) mass is 270 g/mol. The zero-order valence-corrected chi connectivity index (χ0v) is 11.5. The van der Waals surface area contributed by atoms with E-state index in [0.29, 0.717) is 11.8 Å². The molecule has 0 spiro atoms. The molecule has 4 heteroatoms. The average molecular weight is 270 g/mol. The van der Waals surface area contributed by atoms with Crippen molar-refractivity contribution in [1.82, 2.24) is 5.32 Å². The van der Waals surface area contributed by atoms with E-state index in [-0.39, 0.29) is 5.91 Å². The highest BCUT2D eigenvalue weighted by molar-refractivity contribution is 6.03. The zero-order valence-electron chi connectivity index (χ0n) is 11.5. The first kappa shape index (κ1) is 12.9. The Labute approximate surface area is 118 Å². The second-order valence-electron chi connectivity index (χ2n) is 5.24. The molecule has 2 aromatic rings. The van der Waals surface area contributed by atoms with Gasteiger partial charge in [0, 0.05) is 23.8 Å². The largest absolute Gasteiger partial charge is 0.459 e. The number of aryl methyl sites for hydroxylation is 1. The van der Waals surface area contributed by atoms with Gasteiger partial charge in [-0.1, -0.05) is 12.1 Å². The van der Waals surface area contributed by atoms with E-state index in [9.17, 15) is 4.79 Å². The first-order valence-corrected chi connectivity index (χ1v) is 6.90. The zero-order chi connectivity index (χ0) is 13.9. The quantitative estimate of drug-likeness (QED) is 0.877. The molecule has 4 nitrogen and oxygen atoms in total. The fourth-order valence-corrected chi connectivity index (χ4v) is 2.10. The first-order valence-electron chi connectivity index (χ1n) is 6.90. The summed E-state index contributed by atoms with van der Waals surface area (Å²) in [6.07, 6.45) is 4.07. The Morgan fingerprint density at radius 1 is 1.35 bits per heavy atom. The van der Waals surface area contributed by atoms with Crippen LogP contribution in [0.3, 0.4) is 0 Å². The van der Waals surface area contributed by atoms with Gasteiger partial charge in [0.2, 0.25) is 0 Å². The van der Waals surface area contributed by atoms with E-state index in [1.54, 1.807) is 6.07 Å². The van der Waals surface area contributed by atoms with Crippen LogP contribution >= 0.6 is 0 Å². The van der Waals surface area contributed by atoms with Crippen molar-refractivity contribution in [2.45, 2.75) is 32.4 Å². The minimum Gasteiger partial charge on any atom is -0.459 e. The van der Waals surface area contributed by atoms with Crippen molar-refractivity contribution in [1.29, 1.82) is 0 Å². The van der Waals surface area contributed by atoms with Crippen LogP contribution in [0.2, 0.25) is 0 Å².